The highest BCUT2D eigenvalue weighted by Crippen LogP contribution is 2.53. The van der Waals surface area contributed by atoms with Crippen LogP contribution in [0, 0.1) is 5.92 Å². The van der Waals surface area contributed by atoms with Gasteiger partial charge >= 0.3 is 5.69 Å². The third-order valence-corrected chi connectivity index (χ3v) is 9.69. The van der Waals surface area contributed by atoms with E-state index in [1.807, 2.05) is 0 Å². The number of aromatic nitrogens is 2. The molecule has 6 nitrogen and oxygen atoms in total. The summed E-state index contributed by atoms with van der Waals surface area (Å²) < 4.78 is 13.8. The van der Waals surface area contributed by atoms with E-state index < -0.39 is 14.0 Å². The van der Waals surface area contributed by atoms with Crippen molar-refractivity contribution in [3.05, 3.63) is 33.1 Å². The first-order chi connectivity index (χ1) is 10.1. The molecule has 2 heterocycles. The number of H-pyrrole nitrogens is 1. The highest BCUT2D eigenvalue weighted by Gasteiger charge is 2.61. The minimum absolute atomic E-state index is 0.0814. The molecule has 1 aromatic rings. The van der Waals surface area contributed by atoms with Crippen LogP contribution in [-0.4, -0.2) is 30.1 Å². The van der Waals surface area contributed by atoms with Gasteiger partial charge in [-0.3, -0.25) is 14.3 Å². The highest BCUT2D eigenvalue weighted by atomic mass is 28.4. The summed E-state index contributed by atoms with van der Waals surface area (Å²) >= 11 is 0. The molecule has 1 aliphatic carbocycles. The van der Waals surface area contributed by atoms with Gasteiger partial charge in [0.1, 0.15) is 6.23 Å². The smallest absolute Gasteiger partial charge is 0.330 e. The van der Waals surface area contributed by atoms with Crippen molar-refractivity contribution >= 4 is 8.32 Å². The van der Waals surface area contributed by atoms with Gasteiger partial charge in [0.15, 0.2) is 8.32 Å². The van der Waals surface area contributed by atoms with Crippen LogP contribution in [0.4, 0.5) is 0 Å². The van der Waals surface area contributed by atoms with Crippen LogP contribution in [0.25, 0.3) is 0 Å². The summed E-state index contributed by atoms with van der Waals surface area (Å²) in [5.41, 5.74) is -0.802. The van der Waals surface area contributed by atoms with Crippen LogP contribution in [0.15, 0.2) is 21.9 Å². The Labute approximate surface area is 130 Å². The van der Waals surface area contributed by atoms with Crippen LogP contribution in [0.5, 0.6) is 0 Å². The number of nitrogens with zero attached hydrogens (tertiary/aromatic N) is 1. The third-order valence-electron chi connectivity index (χ3n) is 5.21. The predicted octanol–water partition coefficient (Wildman–Crippen LogP) is 1.84. The van der Waals surface area contributed by atoms with Gasteiger partial charge in [0.25, 0.3) is 5.56 Å². The molecule has 0 amide bonds. The van der Waals surface area contributed by atoms with Gasteiger partial charge in [-0.1, -0.05) is 20.8 Å². The Hall–Kier alpha value is -1.18. The predicted molar refractivity (Wildman–Crippen MR) is 85.4 cm³/mol. The standard InChI is InChI=1S/C15H24N2O4Si/c1-15(2,3)22(4,5)21-13-9-8-11(20-12(9)13)17-7-6-10(18)16-14(17)19/h6-7,9,11-13H,8H2,1-5H3,(H,16,18,19). The molecule has 22 heavy (non-hydrogen) atoms. The van der Waals surface area contributed by atoms with Crippen molar-refractivity contribution in [2.45, 2.75) is 63.8 Å². The Balaban J connectivity index is 1.65. The van der Waals surface area contributed by atoms with Crippen molar-refractivity contribution in [3.8, 4) is 0 Å². The van der Waals surface area contributed by atoms with Gasteiger partial charge in [0.05, 0.1) is 12.2 Å². The van der Waals surface area contributed by atoms with E-state index in [0.29, 0.717) is 5.92 Å². The maximum Gasteiger partial charge on any atom is 0.330 e. The van der Waals surface area contributed by atoms with Crippen molar-refractivity contribution in [2.75, 3.05) is 0 Å². The number of rotatable bonds is 3. The van der Waals surface area contributed by atoms with Gasteiger partial charge in [-0.15, -0.1) is 0 Å². The molecule has 1 aliphatic heterocycles. The van der Waals surface area contributed by atoms with Crippen molar-refractivity contribution in [2.24, 2.45) is 5.92 Å². The van der Waals surface area contributed by atoms with Crippen molar-refractivity contribution in [3.63, 3.8) is 0 Å². The number of hydrogen-bond acceptors (Lipinski definition) is 4. The van der Waals surface area contributed by atoms with Crippen LogP contribution in [-0.2, 0) is 9.16 Å². The minimum atomic E-state index is -1.79. The summed E-state index contributed by atoms with van der Waals surface area (Å²) in [5.74, 6) is 0.359. The first-order valence-electron chi connectivity index (χ1n) is 7.75. The first kappa shape index (κ1) is 15.7. The second kappa shape index (κ2) is 4.91. The molecule has 0 spiro atoms. The third kappa shape index (κ3) is 2.61. The van der Waals surface area contributed by atoms with Gasteiger partial charge in [0.2, 0.25) is 0 Å². The van der Waals surface area contributed by atoms with Crippen LogP contribution >= 0.6 is 0 Å². The number of aromatic amines is 1. The fourth-order valence-corrected chi connectivity index (χ4v) is 4.08. The van der Waals surface area contributed by atoms with Gasteiger partial charge in [-0.05, 0) is 18.1 Å². The largest absolute Gasteiger partial charge is 0.411 e. The second-order valence-corrected chi connectivity index (χ2v) is 12.6. The zero-order valence-corrected chi connectivity index (χ0v) is 14.8. The van der Waals surface area contributed by atoms with E-state index in [1.54, 1.807) is 0 Å². The monoisotopic (exact) mass is 324 g/mol. The van der Waals surface area contributed by atoms with Gasteiger partial charge in [0, 0.05) is 24.6 Å². The molecule has 1 saturated heterocycles. The SMILES string of the molecule is CC(C)(C)[Si](C)(C)OC1C2CC(n3ccc(=O)[nH]c3=O)OC21. The lowest BCUT2D eigenvalue weighted by Gasteiger charge is -2.37. The molecule has 122 valence electrons. The van der Waals surface area contributed by atoms with Crippen molar-refractivity contribution in [1.29, 1.82) is 0 Å². The quantitative estimate of drug-likeness (QED) is 0.861. The van der Waals surface area contributed by atoms with E-state index in [0.717, 1.165) is 6.42 Å². The first-order valence-corrected chi connectivity index (χ1v) is 10.7. The molecule has 3 rings (SSSR count). The summed E-state index contributed by atoms with van der Waals surface area (Å²) in [6, 6.07) is 1.35. The van der Waals surface area contributed by atoms with Gasteiger partial charge in [-0.2, -0.15) is 0 Å². The molecule has 4 atom stereocenters. The fourth-order valence-electron chi connectivity index (χ4n) is 2.73. The molecule has 7 heteroatoms. The summed E-state index contributed by atoms with van der Waals surface area (Å²) in [5, 5.41) is 0.180. The summed E-state index contributed by atoms with van der Waals surface area (Å²) in [6.07, 6.45) is 2.21. The van der Waals surface area contributed by atoms with Crippen LogP contribution in [0.1, 0.15) is 33.4 Å². The second-order valence-electron chi connectivity index (χ2n) is 7.82. The Morgan fingerprint density at radius 2 is 2.05 bits per heavy atom. The number of fused-ring (bicyclic) bond motifs is 1. The molecular formula is C15H24N2O4Si. The highest BCUT2D eigenvalue weighted by molar-refractivity contribution is 6.74. The molecule has 0 aromatic carbocycles. The lowest BCUT2D eigenvalue weighted by Crippen LogP contribution is -2.42. The van der Waals surface area contributed by atoms with E-state index in [-0.39, 0.29) is 29.0 Å². The molecule has 1 aromatic heterocycles. The molecular weight excluding hydrogens is 300 g/mol. The average Bonchev–Trinajstić information content (AvgIpc) is 2.82. The molecule has 4 unspecified atom stereocenters. The van der Waals surface area contributed by atoms with E-state index in [4.69, 9.17) is 9.16 Å². The molecule has 0 bridgehead atoms. The number of nitrogens with one attached hydrogen (secondary N) is 1. The topological polar surface area (TPSA) is 73.3 Å². The van der Waals surface area contributed by atoms with E-state index in [1.165, 1.54) is 16.8 Å². The normalized spacial score (nSPS) is 31.1. The number of hydrogen-bond donors (Lipinski definition) is 1. The van der Waals surface area contributed by atoms with Crippen molar-refractivity contribution < 1.29 is 9.16 Å². The Bertz CT molecular complexity index is 676. The fraction of sp³-hybridized carbons (Fsp3) is 0.733. The molecule has 1 saturated carbocycles. The van der Waals surface area contributed by atoms with Crippen LogP contribution in [0.2, 0.25) is 18.1 Å². The lowest BCUT2D eigenvalue weighted by atomic mass is 10.2. The maximum absolute atomic E-state index is 11.8. The zero-order valence-electron chi connectivity index (χ0n) is 13.8. The maximum atomic E-state index is 11.8. The Morgan fingerprint density at radius 3 is 2.55 bits per heavy atom. The average molecular weight is 324 g/mol. The van der Waals surface area contributed by atoms with E-state index in [9.17, 15) is 9.59 Å². The van der Waals surface area contributed by atoms with Gasteiger partial charge < -0.3 is 9.16 Å². The van der Waals surface area contributed by atoms with E-state index >= 15 is 0 Å². The summed E-state index contributed by atoms with van der Waals surface area (Å²) in [7, 11) is -1.79. The van der Waals surface area contributed by atoms with Crippen molar-refractivity contribution in [1.82, 2.24) is 9.55 Å². The Kier molecular flexibility index (Phi) is 3.50. The van der Waals surface area contributed by atoms with E-state index in [2.05, 4.69) is 38.8 Å². The number of ether oxygens (including phenoxy) is 1. The van der Waals surface area contributed by atoms with Crippen LogP contribution in [0.3, 0.4) is 0 Å². The molecule has 0 radical (unpaired) electrons. The molecule has 2 fully saturated rings. The van der Waals surface area contributed by atoms with Crippen LogP contribution < -0.4 is 11.2 Å². The zero-order chi connectivity index (χ0) is 16.3. The molecule has 1 N–H and O–H groups in total. The summed E-state index contributed by atoms with van der Waals surface area (Å²) in [4.78, 5) is 25.2. The summed E-state index contributed by atoms with van der Waals surface area (Å²) in [6.45, 7) is 11.2. The minimum Gasteiger partial charge on any atom is -0.411 e. The molecule has 2 aliphatic rings. The lowest BCUT2D eigenvalue weighted by molar-refractivity contribution is -0.00902. The Morgan fingerprint density at radius 1 is 1.36 bits per heavy atom. The van der Waals surface area contributed by atoms with Gasteiger partial charge in [-0.25, -0.2) is 4.79 Å².